The van der Waals surface area contributed by atoms with Gasteiger partial charge < -0.3 is 19.7 Å². The van der Waals surface area contributed by atoms with Gasteiger partial charge in [-0.05, 0) is 31.0 Å². The Hall–Kier alpha value is -1.10. The van der Waals surface area contributed by atoms with Gasteiger partial charge in [-0.2, -0.15) is 0 Å². The highest BCUT2D eigenvalue weighted by Gasteiger charge is 2.15. The van der Waals surface area contributed by atoms with Crippen molar-refractivity contribution in [2.45, 2.75) is 26.0 Å². The molecule has 4 nitrogen and oxygen atoms in total. The van der Waals surface area contributed by atoms with Crippen molar-refractivity contribution in [2.24, 2.45) is 0 Å². The van der Waals surface area contributed by atoms with Gasteiger partial charge >= 0.3 is 0 Å². The molecule has 20 heavy (non-hydrogen) atoms. The zero-order valence-corrected chi connectivity index (χ0v) is 12.6. The maximum absolute atomic E-state index is 5.69. The van der Waals surface area contributed by atoms with Gasteiger partial charge in [-0.25, -0.2) is 0 Å². The SMILES string of the molecule is COCCNCc1ccc(N2CCCOC(C)C2)cc1. The Labute approximate surface area is 122 Å². The van der Waals surface area contributed by atoms with Crippen molar-refractivity contribution in [1.82, 2.24) is 5.32 Å². The largest absolute Gasteiger partial charge is 0.383 e. The molecule has 0 radical (unpaired) electrons. The number of ether oxygens (including phenoxy) is 2. The van der Waals surface area contributed by atoms with Crippen molar-refractivity contribution in [1.29, 1.82) is 0 Å². The molecule has 0 spiro atoms. The van der Waals surface area contributed by atoms with Crippen molar-refractivity contribution < 1.29 is 9.47 Å². The molecule has 1 aliphatic heterocycles. The second kappa shape index (κ2) is 8.25. The fourth-order valence-corrected chi connectivity index (χ4v) is 2.46. The van der Waals surface area contributed by atoms with Crippen molar-refractivity contribution in [3.8, 4) is 0 Å². The first-order chi connectivity index (χ1) is 9.79. The number of nitrogens with zero attached hydrogens (tertiary/aromatic N) is 1. The summed E-state index contributed by atoms with van der Waals surface area (Å²) in [5.41, 5.74) is 2.60. The predicted molar refractivity (Wildman–Crippen MR) is 82.3 cm³/mol. The quantitative estimate of drug-likeness (QED) is 0.807. The molecule has 1 heterocycles. The summed E-state index contributed by atoms with van der Waals surface area (Å²) in [4.78, 5) is 2.42. The van der Waals surface area contributed by atoms with E-state index in [0.717, 1.165) is 45.8 Å². The monoisotopic (exact) mass is 278 g/mol. The van der Waals surface area contributed by atoms with Gasteiger partial charge in [0.15, 0.2) is 0 Å². The van der Waals surface area contributed by atoms with Gasteiger partial charge in [-0.15, -0.1) is 0 Å². The van der Waals surface area contributed by atoms with Crippen LogP contribution in [0.2, 0.25) is 0 Å². The van der Waals surface area contributed by atoms with Crippen LogP contribution in [-0.2, 0) is 16.0 Å². The van der Waals surface area contributed by atoms with E-state index in [1.54, 1.807) is 7.11 Å². The number of benzene rings is 1. The topological polar surface area (TPSA) is 33.7 Å². The van der Waals surface area contributed by atoms with E-state index in [9.17, 15) is 0 Å². The Morgan fingerprint density at radius 3 is 2.90 bits per heavy atom. The first-order valence-corrected chi connectivity index (χ1v) is 7.44. The fourth-order valence-electron chi connectivity index (χ4n) is 2.46. The van der Waals surface area contributed by atoms with E-state index in [4.69, 9.17) is 9.47 Å². The summed E-state index contributed by atoms with van der Waals surface area (Å²) >= 11 is 0. The second-order valence-electron chi connectivity index (χ2n) is 5.32. The highest BCUT2D eigenvalue weighted by atomic mass is 16.5. The van der Waals surface area contributed by atoms with E-state index in [0.29, 0.717) is 6.10 Å². The maximum atomic E-state index is 5.69. The highest BCUT2D eigenvalue weighted by molar-refractivity contribution is 5.47. The zero-order chi connectivity index (χ0) is 14.2. The third-order valence-corrected chi connectivity index (χ3v) is 3.57. The minimum absolute atomic E-state index is 0.313. The Bertz CT molecular complexity index is 381. The van der Waals surface area contributed by atoms with Crippen LogP contribution in [0.1, 0.15) is 18.9 Å². The van der Waals surface area contributed by atoms with E-state index in [2.05, 4.69) is 41.4 Å². The molecule has 0 saturated carbocycles. The van der Waals surface area contributed by atoms with Crippen LogP contribution in [0, 0.1) is 0 Å². The van der Waals surface area contributed by atoms with Gasteiger partial charge in [-0.1, -0.05) is 12.1 Å². The molecule has 0 aliphatic carbocycles. The first-order valence-electron chi connectivity index (χ1n) is 7.44. The standard InChI is InChI=1S/C16H26N2O2/c1-14-13-18(9-3-10-20-14)16-6-4-15(5-7-16)12-17-8-11-19-2/h4-7,14,17H,3,8-13H2,1-2H3. The third-order valence-electron chi connectivity index (χ3n) is 3.57. The summed E-state index contributed by atoms with van der Waals surface area (Å²) in [6.45, 7) is 7.61. The number of hydrogen-bond donors (Lipinski definition) is 1. The van der Waals surface area contributed by atoms with Gasteiger partial charge in [0.05, 0.1) is 12.7 Å². The fraction of sp³-hybridized carbons (Fsp3) is 0.625. The van der Waals surface area contributed by atoms with Crippen molar-refractivity contribution in [3.05, 3.63) is 29.8 Å². The lowest BCUT2D eigenvalue weighted by Crippen LogP contribution is -2.30. The minimum Gasteiger partial charge on any atom is -0.383 e. The van der Waals surface area contributed by atoms with Crippen molar-refractivity contribution >= 4 is 5.69 Å². The molecule has 1 fully saturated rings. The molecular formula is C16H26N2O2. The Morgan fingerprint density at radius 1 is 1.35 bits per heavy atom. The molecule has 112 valence electrons. The molecule has 1 unspecified atom stereocenters. The van der Waals surface area contributed by atoms with Crippen LogP contribution in [0.25, 0.3) is 0 Å². The second-order valence-corrected chi connectivity index (χ2v) is 5.32. The average Bonchev–Trinajstić information content (AvgIpc) is 2.69. The molecule has 1 N–H and O–H groups in total. The lowest BCUT2D eigenvalue weighted by molar-refractivity contribution is 0.0821. The van der Waals surface area contributed by atoms with Gasteiger partial charge in [0, 0.05) is 45.6 Å². The van der Waals surface area contributed by atoms with Gasteiger partial charge in [0.25, 0.3) is 0 Å². The van der Waals surface area contributed by atoms with Crippen LogP contribution in [0.5, 0.6) is 0 Å². The van der Waals surface area contributed by atoms with Crippen LogP contribution in [0.4, 0.5) is 5.69 Å². The van der Waals surface area contributed by atoms with Crippen molar-refractivity contribution in [3.63, 3.8) is 0 Å². The van der Waals surface area contributed by atoms with Gasteiger partial charge in [0.2, 0.25) is 0 Å². The summed E-state index contributed by atoms with van der Waals surface area (Å²) in [5, 5.41) is 3.36. The Kier molecular flexibility index (Phi) is 6.30. The first kappa shape index (κ1) is 15.3. The van der Waals surface area contributed by atoms with E-state index in [-0.39, 0.29) is 0 Å². The number of methoxy groups -OCH3 is 1. The number of hydrogen-bond acceptors (Lipinski definition) is 4. The van der Waals surface area contributed by atoms with Crippen molar-refractivity contribution in [2.75, 3.05) is 44.9 Å². The number of nitrogens with one attached hydrogen (secondary N) is 1. The molecule has 0 amide bonds. The zero-order valence-electron chi connectivity index (χ0n) is 12.6. The number of rotatable bonds is 6. The van der Waals surface area contributed by atoms with Crippen LogP contribution in [-0.4, -0.2) is 46.1 Å². The van der Waals surface area contributed by atoms with E-state index in [1.807, 2.05) is 0 Å². The lowest BCUT2D eigenvalue weighted by atomic mass is 10.2. The molecular weight excluding hydrogens is 252 g/mol. The molecule has 0 aromatic heterocycles. The predicted octanol–water partition coefficient (Wildman–Crippen LogP) is 2.04. The number of anilines is 1. The molecule has 4 heteroatoms. The summed E-state index contributed by atoms with van der Waals surface area (Å²) < 4.78 is 10.7. The molecule has 1 aromatic rings. The Morgan fingerprint density at radius 2 is 2.15 bits per heavy atom. The summed E-state index contributed by atoms with van der Waals surface area (Å²) in [7, 11) is 1.72. The van der Waals surface area contributed by atoms with E-state index >= 15 is 0 Å². The van der Waals surface area contributed by atoms with E-state index in [1.165, 1.54) is 11.3 Å². The normalized spacial score (nSPS) is 19.9. The summed E-state index contributed by atoms with van der Waals surface area (Å²) in [6, 6.07) is 8.83. The molecule has 1 atom stereocenters. The van der Waals surface area contributed by atoms with Crippen LogP contribution in [0.3, 0.4) is 0 Å². The van der Waals surface area contributed by atoms with E-state index < -0.39 is 0 Å². The molecule has 1 aromatic carbocycles. The lowest BCUT2D eigenvalue weighted by Gasteiger charge is -2.24. The average molecular weight is 278 g/mol. The maximum Gasteiger partial charge on any atom is 0.0721 e. The van der Waals surface area contributed by atoms with Crippen LogP contribution in [0.15, 0.2) is 24.3 Å². The molecule has 1 aliphatic rings. The highest BCUT2D eigenvalue weighted by Crippen LogP contribution is 2.18. The van der Waals surface area contributed by atoms with Gasteiger partial charge in [-0.3, -0.25) is 0 Å². The summed E-state index contributed by atoms with van der Waals surface area (Å²) in [6.07, 6.45) is 1.41. The third kappa shape index (κ3) is 4.78. The molecule has 0 bridgehead atoms. The molecule has 2 rings (SSSR count). The molecule has 1 saturated heterocycles. The summed E-state index contributed by atoms with van der Waals surface area (Å²) in [5.74, 6) is 0. The van der Waals surface area contributed by atoms with Crippen LogP contribution < -0.4 is 10.2 Å². The Balaban J connectivity index is 1.86. The van der Waals surface area contributed by atoms with Gasteiger partial charge in [0.1, 0.15) is 0 Å². The minimum atomic E-state index is 0.313. The smallest absolute Gasteiger partial charge is 0.0721 e. The van der Waals surface area contributed by atoms with Crippen LogP contribution >= 0.6 is 0 Å².